The number of aromatic hydroxyl groups is 1. The monoisotopic (exact) mass is 1240 g/mol. The molecule has 7 amide bonds. The Balaban J connectivity index is 0.00000774. The summed E-state index contributed by atoms with van der Waals surface area (Å²) in [4.78, 5) is 103. The van der Waals surface area contributed by atoms with Crippen LogP contribution in [0.1, 0.15) is 87.6 Å². The lowest BCUT2D eigenvalue weighted by Gasteiger charge is -2.34. The van der Waals surface area contributed by atoms with E-state index >= 15 is 0 Å². The van der Waals surface area contributed by atoms with Gasteiger partial charge in [0, 0.05) is 70.6 Å². The molecule has 28 heteroatoms. The maximum Gasteiger partial charge on any atom is 0.251 e. The number of phenolic OH excluding ortho intramolecular Hbond substituents is 1. The maximum atomic E-state index is 14.7. The van der Waals surface area contributed by atoms with Gasteiger partial charge in [-0.1, -0.05) is 50.8 Å². The normalized spacial score (nSPS) is 25.5. The number of ether oxygens (including phenoxy) is 3. The number of hydrogen-bond acceptors (Lipinski definition) is 19. The highest BCUT2D eigenvalue weighted by Gasteiger charge is 2.49. The van der Waals surface area contributed by atoms with E-state index in [0.717, 1.165) is 67.2 Å². The molecule has 6 rings (SSSR count). The Kier molecular flexibility index (Phi) is 28.7. The number of nitrogens with zero attached hydrogens (tertiary/aromatic N) is 2. The van der Waals surface area contributed by atoms with E-state index in [1.54, 1.807) is 31.4 Å². The number of phenols is 1. The Morgan fingerprint density at radius 2 is 1.34 bits per heavy atom. The van der Waals surface area contributed by atoms with Crippen LogP contribution in [0.15, 0.2) is 54.6 Å². The number of benzene rings is 3. The first-order valence-corrected chi connectivity index (χ1v) is 28.4. The Hall–Kier alpha value is -6.17. The second kappa shape index (κ2) is 34.2. The largest absolute Gasteiger partial charge is 0.504 e. The van der Waals surface area contributed by atoms with Crippen LogP contribution >= 0.6 is 24.8 Å². The summed E-state index contributed by atoms with van der Waals surface area (Å²) >= 11 is 0. The van der Waals surface area contributed by atoms with Crippen molar-refractivity contribution in [2.75, 3.05) is 59.7 Å². The summed E-state index contributed by atoms with van der Waals surface area (Å²) in [5, 5.41) is 92.5. The van der Waals surface area contributed by atoms with Gasteiger partial charge in [0.15, 0.2) is 11.5 Å². The van der Waals surface area contributed by atoms with E-state index < -0.39 is 152 Å². The van der Waals surface area contributed by atoms with Crippen LogP contribution in [0, 0.1) is 5.92 Å². The lowest BCUT2D eigenvalue weighted by molar-refractivity contribution is -0.147. The number of aliphatic hydroxyl groups is 6. The summed E-state index contributed by atoms with van der Waals surface area (Å²) in [6.07, 6.45) is -5.50. The molecule has 16 N–H and O–H groups in total. The van der Waals surface area contributed by atoms with E-state index in [4.69, 9.17) is 25.7 Å². The van der Waals surface area contributed by atoms with Crippen molar-refractivity contribution < 1.29 is 83.5 Å². The number of aliphatic hydroxyl groups excluding tert-OH is 6. The third kappa shape index (κ3) is 19.4. The molecule has 85 heavy (non-hydrogen) atoms. The Bertz CT molecular complexity index is 2720. The van der Waals surface area contributed by atoms with Crippen molar-refractivity contribution in [3.05, 3.63) is 65.7 Å². The van der Waals surface area contributed by atoms with Crippen LogP contribution in [0.3, 0.4) is 0 Å². The zero-order valence-corrected chi connectivity index (χ0v) is 49.6. The molecule has 0 aromatic heterocycles. The van der Waals surface area contributed by atoms with Gasteiger partial charge in [0.2, 0.25) is 35.4 Å². The standard InChI is InChI=1S/C57H83N9O17.2ClH/c1-31-29-66-49(50(31)73)55(78)60-28-37(68)26-40(61-51(74)36-12-11-35-25-39(14-13-34(35)24-36)82-20-9-7-5-4-6-8-19-81-3)52(75)62-46(32(2)67)56(79)65-30-38(69)27-41(65)53(76)63-47(54(77)64-48(57(66)80)43(71)16-17-58)44(72)22-33-10-15-42(70)45(23-33)83-21-18-59;;/h10-15,23-25,31-32,37-38,40-41,43-44,46-50,67-73H,4-9,16-22,26-30,58-59H2,1-3H3,(H,60,78)(H,61,74)(H,62,75)(H,63,76)(H,64,77);2*1H/t31-,32+,37+,38+,40-,41-,43+,44+,46-,47-,48-,49-,50-;;/m0../s1. The van der Waals surface area contributed by atoms with E-state index in [0.29, 0.717) is 17.7 Å². The smallest absolute Gasteiger partial charge is 0.251 e. The lowest BCUT2D eigenvalue weighted by Crippen LogP contribution is -2.64. The number of carbonyl (C=O) groups is 7. The van der Waals surface area contributed by atoms with Gasteiger partial charge in [0.1, 0.15) is 48.6 Å². The van der Waals surface area contributed by atoms with Crippen LogP contribution in [-0.2, 0) is 39.9 Å². The Labute approximate surface area is 505 Å². The quantitative estimate of drug-likeness (QED) is 0.0503. The van der Waals surface area contributed by atoms with E-state index in [1.807, 2.05) is 6.07 Å². The van der Waals surface area contributed by atoms with Gasteiger partial charge in [-0.3, -0.25) is 33.6 Å². The minimum atomic E-state index is -2.03. The van der Waals surface area contributed by atoms with Gasteiger partial charge in [-0.05, 0) is 85.5 Å². The summed E-state index contributed by atoms with van der Waals surface area (Å²) in [6.45, 7) is 2.40. The minimum Gasteiger partial charge on any atom is -0.504 e. The van der Waals surface area contributed by atoms with E-state index in [1.165, 1.54) is 31.2 Å². The second-order valence-corrected chi connectivity index (χ2v) is 21.7. The van der Waals surface area contributed by atoms with Crippen molar-refractivity contribution in [1.29, 1.82) is 0 Å². The van der Waals surface area contributed by atoms with Gasteiger partial charge < -0.3 is 97.8 Å². The van der Waals surface area contributed by atoms with Crippen molar-refractivity contribution >= 4 is 76.9 Å². The molecule has 26 nitrogen and oxygen atoms in total. The van der Waals surface area contributed by atoms with Crippen LogP contribution < -0.4 is 47.5 Å². The molecule has 3 aromatic carbocycles. The van der Waals surface area contributed by atoms with E-state index in [-0.39, 0.29) is 80.1 Å². The molecular weight excluding hydrogens is 1150 g/mol. The van der Waals surface area contributed by atoms with Crippen LogP contribution in [0.2, 0.25) is 0 Å². The fraction of sp³-hybridized carbons (Fsp3) is 0.596. The van der Waals surface area contributed by atoms with Gasteiger partial charge in [-0.2, -0.15) is 0 Å². The van der Waals surface area contributed by atoms with Crippen molar-refractivity contribution in [2.24, 2.45) is 17.4 Å². The first-order valence-electron chi connectivity index (χ1n) is 28.4. The number of carbonyl (C=O) groups excluding carboxylic acids is 7. The highest BCUT2D eigenvalue weighted by molar-refractivity contribution is 6.02. The molecule has 13 atom stereocenters. The van der Waals surface area contributed by atoms with E-state index in [2.05, 4.69) is 26.6 Å². The number of β-amino-alcohol motifs (C(OH)–C–C–N with tert-alkyl or cyclic N) is 1. The highest BCUT2D eigenvalue weighted by Crippen LogP contribution is 2.30. The number of fused-ring (bicyclic) bond motifs is 3. The molecule has 0 spiro atoms. The predicted molar refractivity (Wildman–Crippen MR) is 315 cm³/mol. The number of nitrogens with two attached hydrogens (primary N) is 2. The Morgan fingerprint density at radius 3 is 2.02 bits per heavy atom. The zero-order valence-electron chi connectivity index (χ0n) is 48.0. The molecule has 3 saturated heterocycles. The van der Waals surface area contributed by atoms with Crippen LogP contribution in [0.25, 0.3) is 10.8 Å². The van der Waals surface area contributed by atoms with Crippen LogP contribution in [0.5, 0.6) is 17.2 Å². The van der Waals surface area contributed by atoms with Crippen molar-refractivity contribution in [3.63, 3.8) is 0 Å². The zero-order chi connectivity index (χ0) is 60.5. The molecule has 0 aliphatic carbocycles. The molecule has 0 radical (unpaired) electrons. The first kappa shape index (κ1) is 71.3. The molecule has 3 aliphatic rings. The molecular formula is C57H85Cl2N9O17. The third-order valence-corrected chi connectivity index (χ3v) is 15.1. The number of amides is 7. The number of methoxy groups -OCH3 is 1. The number of halogens is 2. The lowest BCUT2D eigenvalue weighted by atomic mass is 9.98. The summed E-state index contributed by atoms with van der Waals surface area (Å²) in [7, 11) is 1.69. The molecule has 0 unspecified atom stereocenters. The average molecular weight is 1240 g/mol. The van der Waals surface area contributed by atoms with Crippen LogP contribution in [0.4, 0.5) is 0 Å². The summed E-state index contributed by atoms with van der Waals surface area (Å²) in [5.74, 6) is -7.91. The van der Waals surface area contributed by atoms with Gasteiger partial charge in [0.05, 0.1) is 43.2 Å². The third-order valence-electron chi connectivity index (χ3n) is 15.1. The van der Waals surface area contributed by atoms with Gasteiger partial charge in [0.25, 0.3) is 5.91 Å². The average Bonchev–Trinajstić information content (AvgIpc) is 4.05. The van der Waals surface area contributed by atoms with Crippen LogP contribution in [-0.4, -0.2) is 219 Å². The fourth-order valence-corrected chi connectivity index (χ4v) is 10.5. The highest BCUT2D eigenvalue weighted by atomic mass is 35.5. The molecule has 3 aliphatic heterocycles. The molecule has 474 valence electrons. The van der Waals surface area contributed by atoms with Gasteiger partial charge in [-0.15, -0.1) is 24.8 Å². The maximum absolute atomic E-state index is 14.7. The molecule has 0 bridgehead atoms. The SMILES string of the molecule is COCCCCCCCCOc1ccc2cc(C(=O)N[C@H]3C[C@@H](O)CNC(=O)[C@@H]4[C@@H](O)[C@@H](C)CN4C(=O)[C@H]([C@H](O)CCN)NC(=O)[C@H]([C@H](O)Cc4ccc(O)c(OCCN)c4)NC(=O)[C@@H]4C[C@@H](O)CN4C(=O)[C@H]([C@@H](C)O)NC3=O)ccc2c1.Cl.Cl. The summed E-state index contributed by atoms with van der Waals surface area (Å²) in [6, 6.07) is 3.26. The Morgan fingerprint density at radius 1 is 0.694 bits per heavy atom. The molecule has 3 fully saturated rings. The summed E-state index contributed by atoms with van der Waals surface area (Å²) in [5.41, 5.74) is 11.7. The molecule has 3 heterocycles. The number of nitrogens with one attached hydrogen (secondary N) is 5. The summed E-state index contributed by atoms with van der Waals surface area (Å²) < 4.78 is 16.6. The second-order valence-electron chi connectivity index (χ2n) is 21.7. The van der Waals surface area contributed by atoms with E-state index in [9.17, 15) is 69.3 Å². The van der Waals surface area contributed by atoms with Gasteiger partial charge >= 0.3 is 0 Å². The number of hydrogen-bond donors (Lipinski definition) is 14. The minimum absolute atomic E-state index is 0. The topological polar surface area (TPSA) is 407 Å². The predicted octanol–water partition coefficient (Wildman–Crippen LogP) is -1.61. The fourth-order valence-electron chi connectivity index (χ4n) is 10.5. The molecule has 0 saturated carbocycles. The number of rotatable bonds is 22. The molecule has 3 aromatic rings. The first-order chi connectivity index (χ1) is 39.6. The van der Waals surface area contributed by atoms with Crippen molar-refractivity contribution in [1.82, 2.24) is 36.4 Å². The number of unbranched alkanes of at least 4 members (excludes halogenated alkanes) is 5. The van der Waals surface area contributed by atoms with Crippen molar-refractivity contribution in [2.45, 2.75) is 151 Å². The van der Waals surface area contributed by atoms with Gasteiger partial charge in [-0.25, -0.2) is 0 Å². The van der Waals surface area contributed by atoms with Crippen molar-refractivity contribution in [3.8, 4) is 17.2 Å².